The van der Waals surface area contributed by atoms with Crippen molar-refractivity contribution in [2.45, 2.75) is 99.5 Å². The summed E-state index contributed by atoms with van der Waals surface area (Å²) >= 11 is 3.35. The second kappa shape index (κ2) is 16.2. The van der Waals surface area contributed by atoms with E-state index in [2.05, 4.69) is 78.5 Å². The van der Waals surface area contributed by atoms with Crippen LogP contribution in [-0.4, -0.2) is 59.0 Å². The normalized spacial score (nSPS) is 11.7. The third-order valence-corrected chi connectivity index (χ3v) is 6.95. The van der Waals surface area contributed by atoms with Gasteiger partial charge in [0, 0.05) is 22.7 Å². The van der Waals surface area contributed by atoms with Crippen molar-refractivity contribution < 1.29 is 9.47 Å². The second-order valence-corrected chi connectivity index (χ2v) is 14.3. The van der Waals surface area contributed by atoms with Gasteiger partial charge in [-0.15, -0.1) is 0 Å². The summed E-state index contributed by atoms with van der Waals surface area (Å²) in [6, 6.07) is 0.453. The molecular weight excluding hydrogens is 640 g/mol. The van der Waals surface area contributed by atoms with Crippen molar-refractivity contribution in [1.82, 2.24) is 39.5 Å². The predicted octanol–water partition coefficient (Wildman–Crippen LogP) is 5.99. The summed E-state index contributed by atoms with van der Waals surface area (Å²) in [5.41, 5.74) is 2.14. The van der Waals surface area contributed by atoms with E-state index >= 15 is 0 Å². The molecule has 4 rings (SSSR count). The van der Waals surface area contributed by atoms with Crippen LogP contribution in [0.1, 0.15) is 93.5 Å². The Balaban J connectivity index is 0.000000272. The molecule has 0 fully saturated rings. The number of hydrogen-bond acceptors (Lipinski definition) is 10. The van der Waals surface area contributed by atoms with E-state index in [1.54, 1.807) is 10.8 Å². The maximum Gasteiger partial charge on any atom is 0.318 e. The molecule has 4 heterocycles. The highest BCUT2D eigenvalue weighted by Gasteiger charge is 2.24. The number of aromatic amines is 1. The van der Waals surface area contributed by atoms with Crippen LogP contribution in [0.15, 0.2) is 22.0 Å². The lowest BCUT2D eigenvalue weighted by Gasteiger charge is -2.20. The zero-order valence-electron chi connectivity index (χ0n) is 28.8. The Bertz CT molecular complexity index is 1670. The van der Waals surface area contributed by atoms with Gasteiger partial charge < -0.3 is 14.5 Å². The van der Waals surface area contributed by atoms with Gasteiger partial charge in [-0.3, -0.25) is 14.2 Å². The molecule has 1 N–H and O–H groups in total. The fourth-order valence-electron chi connectivity index (χ4n) is 3.90. The van der Waals surface area contributed by atoms with Gasteiger partial charge in [-0.2, -0.15) is 9.97 Å². The maximum atomic E-state index is 12.8. The highest BCUT2D eigenvalue weighted by molar-refractivity contribution is 9.09. The maximum absolute atomic E-state index is 12.8. The molecule has 0 aliphatic rings. The van der Waals surface area contributed by atoms with Crippen LogP contribution in [0.2, 0.25) is 0 Å². The second-order valence-electron chi connectivity index (χ2n) is 13.5. The number of fused-ring (bicyclic) bond motifs is 2. The molecule has 0 saturated carbocycles. The minimum absolute atomic E-state index is 0.0820. The average Bonchev–Trinajstić information content (AvgIpc) is 2.94. The number of rotatable bonds is 7. The zero-order chi connectivity index (χ0) is 34.1. The Morgan fingerprint density at radius 1 is 0.778 bits per heavy atom. The Morgan fingerprint density at radius 2 is 1.29 bits per heavy atom. The third-order valence-electron chi connectivity index (χ3n) is 6.49. The number of aryl methyl sites for hydroxylation is 1. The lowest BCUT2D eigenvalue weighted by Crippen LogP contribution is -2.33. The first-order chi connectivity index (χ1) is 20.9. The van der Waals surface area contributed by atoms with E-state index < -0.39 is 0 Å². The van der Waals surface area contributed by atoms with Crippen molar-refractivity contribution in [2.75, 3.05) is 19.5 Å². The Kier molecular flexibility index (Phi) is 13.6. The molecule has 0 aliphatic heterocycles. The van der Waals surface area contributed by atoms with Crippen LogP contribution in [0.5, 0.6) is 12.0 Å². The van der Waals surface area contributed by atoms with E-state index in [-0.39, 0.29) is 34.0 Å². The third kappa shape index (κ3) is 10.8. The fraction of sp³-hybridized carbons (Fsp3) is 0.625. The lowest BCUT2D eigenvalue weighted by molar-refractivity contribution is 0.380. The van der Waals surface area contributed by atoms with Crippen LogP contribution in [0.4, 0.5) is 0 Å². The molecular formula is C32H49BrN8O4. The summed E-state index contributed by atoms with van der Waals surface area (Å²) in [5.74, 6) is 1.35. The molecule has 4 aromatic heterocycles. The van der Waals surface area contributed by atoms with Crippen LogP contribution in [0.25, 0.3) is 22.3 Å². The quantitative estimate of drug-likeness (QED) is 0.229. The van der Waals surface area contributed by atoms with Crippen molar-refractivity contribution >= 4 is 38.3 Å². The topological polar surface area (TPSA) is 151 Å². The molecule has 0 bridgehead atoms. The van der Waals surface area contributed by atoms with Crippen molar-refractivity contribution in [3.8, 4) is 12.0 Å². The summed E-state index contributed by atoms with van der Waals surface area (Å²) in [5, 5.41) is 1.14. The van der Waals surface area contributed by atoms with Gasteiger partial charge in [0.2, 0.25) is 0 Å². The number of nitrogens with zero attached hydrogens (tertiary/aromatic N) is 7. The molecule has 0 radical (unpaired) electrons. The number of halogens is 1. The van der Waals surface area contributed by atoms with Gasteiger partial charge >= 0.3 is 12.0 Å². The van der Waals surface area contributed by atoms with E-state index in [1.807, 2.05) is 41.5 Å². The number of H-pyrrole nitrogens is 1. The average molecular weight is 690 g/mol. The largest absolute Gasteiger partial charge is 0.467 e. The van der Waals surface area contributed by atoms with Gasteiger partial charge in [0.1, 0.15) is 22.4 Å². The van der Waals surface area contributed by atoms with Gasteiger partial charge in [0.15, 0.2) is 11.3 Å². The van der Waals surface area contributed by atoms with E-state index in [0.717, 1.165) is 17.7 Å². The summed E-state index contributed by atoms with van der Waals surface area (Å²) in [7, 11) is 2.98. The highest BCUT2D eigenvalue weighted by Crippen LogP contribution is 2.21. The van der Waals surface area contributed by atoms with Crippen LogP contribution >= 0.6 is 15.9 Å². The van der Waals surface area contributed by atoms with Crippen LogP contribution in [-0.2, 0) is 17.4 Å². The smallest absolute Gasteiger partial charge is 0.318 e. The lowest BCUT2D eigenvalue weighted by atomic mass is 9.92. The monoisotopic (exact) mass is 688 g/mol. The van der Waals surface area contributed by atoms with Gasteiger partial charge in [0.25, 0.3) is 11.1 Å². The SMILES string of the molecule is CC(C)CCBr.COc1ncc2nc(C(C)(C)C)c(=O)[nH]c2n1.COc1ncc2nc(C(C)(C)C)c(=O)n(CCC(C)C)c2n1. The van der Waals surface area contributed by atoms with Crippen molar-refractivity contribution in [3.63, 3.8) is 0 Å². The molecule has 13 heteroatoms. The van der Waals surface area contributed by atoms with Crippen molar-refractivity contribution in [3.05, 3.63) is 44.5 Å². The summed E-state index contributed by atoms with van der Waals surface area (Å²) in [6.45, 7) is 21.1. The first kappa shape index (κ1) is 37.7. The Morgan fingerprint density at radius 3 is 1.76 bits per heavy atom. The molecule has 0 saturated heterocycles. The molecule has 0 unspecified atom stereocenters. The first-order valence-electron chi connectivity index (χ1n) is 15.1. The number of aromatic nitrogens is 8. The Hall–Kier alpha value is -3.48. The molecule has 248 valence electrons. The predicted molar refractivity (Wildman–Crippen MR) is 183 cm³/mol. The van der Waals surface area contributed by atoms with Crippen molar-refractivity contribution in [2.24, 2.45) is 11.8 Å². The summed E-state index contributed by atoms with van der Waals surface area (Å²) < 4.78 is 11.7. The molecule has 0 spiro atoms. The number of methoxy groups -OCH3 is 2. The fourth-order valence-corrected chi connectivity index (χ4v) is 4.81. The van der Waals surface area contributed by atoms with Crippen LogP contribution in [0, 0.1) is 11.8 Å². The number of alkyl halides is 1. The summed E-state index contributed by atoms with van der Waals surface area (Å²) in [6.07, 6.45) is 5.34. The van der Waals surface area contributed by atoms with Crippen LogP contribution in [0.3, 0.4) is 0 Å². The number of hydrogen-bond donors (Lipinski definition) is 1. The van der Waals surface area contributed by atoms with E-state index in [4.69, 9.17) is 9.47 Å². The minimum atomic E-state index is -0.329. The van der Waals surface area contributed by atoms with Crippen LogP contribution < -0.4 is 20.6 Å². The summed E-state index contributed by atoms with van der Waals surface area (Å²) in [4.78, 5) is 52.6. The number of ether oxygens (including phenoxy) is 2. The van der Waals surface area contributed by atoms with E-state index in [9.17, 15) is 9.59 Å². The van der Waals surface area contributed by atoms with E-state index in [1.165, 1.54) is 26.8 Å². The molecule has 0 aliphatic carbocycles. The molecule has 45 heavy (non-hydrogen) atoms. The zero-order valence-corrected chi connectivity index (χ0v) is 30.4. The van der Waals surface area contributed by atoms with Gasteiger partial charge in [-0.25, -0.2) is 19.9 Å². The minimum Gasteiger partial charge on any atom is -0.467 e. The highest BCUT2D eigenvalue weighted by atomic mass is 79.9. The first-order valence-corrected chi connectivity index (χ1v) is 16.2. The standard InChI is InChI=1S/C16H24N4O2.C11H14N4O2.C5H11Br/c1-10(2)7-8-20-13-11(9-17-15(19-13)22-6)18-12(14(20)21)16(3,4)5;1-11(2,3)7-9(16)14-8-6(13-7)5-12-10(15-8)17-4;1-5(2)3-4-6/h9-10H,7-8H2,1-6H3;5H,1-4H3,(H,12,14,15,16);5H,3-4H2,1-2H3. The molecule has 0 atom stereocenters. The van der Waals surface area contributed by atoms with Gasteiger partial charge in [-0.05, 0) is 24.7 Å². The Labute approximate surface area is 274 Å². The van der Waals surface area contributed by atoms with E-state index in [0.29, 0.717) is 46.2 Å². The molecule has 0 amide bonds. The molecule has 12 nitrogen and oxygen atoms in total. The van der Waals surface area contributed by atoms with Gasteiger partial charge in [-0.1, -0.05) is 85.2 Å². The molecule has 0 aromatic carbocycles. The molecule has 4 aromatic rings. The van der Waals surface area contributed by atoms with Crippen molar-refractivity contribution in [1.29, 1.82) is 0 Å². The van der Waals surface area contributed by atoms with Gasteiger partial charge in [0.05, 0.1) is 26.6 Å². The number of nitrogens with one attached hydrogen (secondary N) is 1.